The van der Waals surface area contributed by atoms with Gasteiger partial charge in [0.25, 0.3) is 0 Å². The highest BCUT2D eigenvalue weighted by atomic mass is 32.2. The van der Waals surface area contributed by atoms with E-state index in [1.807, 2.05) is 63.2 Å². The summed E-state index contributed by atoms with van der Waals surface area (Å²) in [5.74, 6) is 1.52. The number of aryl methyl sites for hydroxylation is 2. The summed E-state index contributed by atoms with van der Waals surface area (Å²) >= 11 is 1.29. The molecular weight excluding hydrogens is 360 g/mol. The van der Waals surface area contributed by atoms with Crippen LogP contribution in [0.5, 0.6) is 5.75 Å². The summed E-state index contributed by atoms with van der Waals surface area (Å²) in [6.07, 6.45) is 0. The molecule has 0 spiro atoms. The number of thioether (sulfide) groups is 1. The molecule has 140 valence electrons. The monoisotopic (exact) mass is 382 g/mol. The van der Waals surface area contributed by atoms with E-state index in [-0.39, 0.29) is 11.7 Å². The van der Waals surface area contributed by atoms with Crippen molar-refractivity contribution >= 4 is 23.4 Å². The minimum Gasteiger partial charge on any atom is -0.493 e. The molecule has 0 aliphatic rings. The van der Waals surface area contributed by atoms with Crippen molar-refractivity contribution in [3.8, 4) is 17.1 Å². The van der Waals surface area contributed by atoms with Gasteiger partial charge in [-0.1, -0.05) is 42.1 Å². The molecule has 1 aromatic heterocycles. The number of hydrogen-bond acceptors (Lipinski definition) is 5. The Morgan fingerprint density at radius 1 is 1.15 bits per heavy atom. The standard InChI is InChI=1S/C20H22N4O2S/c1-4-26-16-11-6-5-10-15(16)19-22-20(24-23-19)27-12-17(25)21-18-13(2)8-7-9-14(18)3/h5-11H,4,12H2,1-3H3,(H,21,25)(H,22,23,24). The van der Waals surface area contributed by atoms with Crippen molar-refractivity contribution in [2.24, 2.45) is 0 Å². The molecule has 1 amide bonds. The summed E-state index contributed by atoms with van der Waals surface area (Å²) in [6.45, 7) is 6.47. The van der Waals surface area contributed by atoms with Crippen LogP contribution in [0.2, 0.25) is 0 Å². The number of hydrogen-bond donors (Lipinski definition) is 2. The van der Waals surface area contributed by atoms with Gasteiger partial charge in [-0.3, -0.25) is 9.89 Å². The first kappa shape index (κ1) is 19.0. The summed E-state index contributed by atoms with van der Waals surface area (Å²) in [5, 5.41) is 10.6. The molecule has 0 fully saturated rings. The summed E-state index contributed by atoms with van der Waals surface area (Å²) in [6, 6.07) is 13.6. The number of anilines is 1. The first-order chi connectivity index (χ1) is 13.1. The van der Waals surface area contributed by atoms with Crippen LogP contribution in [0.25, 0.3) is 11.4 Å². The van der Waals surface area contributed by atoms with Gasteiger partial charge >= 0.3 is 0 Å². The third kappa shape index (κ3) is 4.68. The first-order valence-electron chi connectivity index (χ1n) is 8.72. The van der Waals surface area contributed by atoms with Crippen LogP contribution in [0.15, 0.2) is 47.6 Å². The van der Waals surface area contributed by atoms with Gasteiger partial charge < -0.3 is 10.1 Å². The highest BCUT2D eigenvalue weighted by Crippen LogP contribution is 2.28. The Labute approximate surface area is 162 Å². The minimum absolute atomic E-state index is 0.0848. The van der Waals surface area contributed by atoms with Gasteiger partial charge in [0.05, 0.1) is 17.9 Å². The number of aromatic amines is 1. The third-order valence-corrected chi connectivity index (χ3v) is 4.83. The van der Waals surface area contributed by atoms with Gasteiger partial charge in [0.2, 0.25) is 11.1 Å². The molecule has 0 saturated heterocycles. The van der Waals surface area contributed by atoms with Crippen molar-refractivity contribution in [3.05, 3.63) is 53.6 Å². The lowest BCUT2D eigenvalue weighted by Gasteiger charge is -2.10. The maximum atomic E-state index is 12.3. The van der Waals surface area contributed by atoms with Crippen molar-refractivity contribution in [3.63, 3.8) is 0 Å². The number of ether oxygens (including phenoxy) is 1. The average molecular weight is 382 g/mol. The minimum atomic E-state index is -0.0848. The van der Waals surface area contributed by atoms with Gasteiger partial charge in [-0.25, -0.2) is 4.98 Å². The van der Waals surface area contributed by atoms with E-state index in [1.54, 1.807) is 0 Å². The molecule has 7 heteroatoms. The topological polar surface area (TPSA) is 79.9 Å². The number of rotatable bonds is 7. The van der Waals surface area contributed by atoms with Crippen LogP contribution >= 0.6 is 11.8 Å². The fourth-order valence-corrected chi connectivity index (χ4v) is 3.29. The zero-order valence-electron chi connectivity index (χ0n) is 15.6. The van der Waals surface area contributed by atoms with E-state index < -0.39 is 0 Å². The average Bonchev–Trinajstić information content (AvgIpc) is 3.13. The number of H-pyrrole nitrogens is 1. The van der Waals surface area contributed by atoms with Gasteiger partial charge in [-0.2, -0.15) is 0 Å². The maximum absolute atomic E-state index is 12.3. The Balaban J connectivity index is 1.64. The van der Waals surface area contributed by atoms with Gasteiger partial charge in [-0.05, 0) is 44.0 Å². The molecule has 6 nitrogen and oxygen atoms in total. The predicted molar refractivity (Wildman–Crippen MR) is 108 cm³/mol. The third-order valence-electron chi connectivity index (χ3n) is 3.98. The van der Waals surface area contributed by atoms with Crippen LogP contribution < -0.4 is 10.1 Å². The maximum Gasteiger partial charge on any atom is 0.234 e. The van der Waals surface area contributed by atoms with Crippen molar-refractivity contribution in [1.29, 1.82) is 0 Å². The second kappa shape index (κ2) is 8.73. The summed E-state index contributed by atoms with van der Waals surface area (Å²) in [5.41, 5.74) is 3.80. The Morgan fingerprint density at radius 2 is 1.89 bits per heavy atom. The molecule has 3 rings (SSSR count). The lowest BCUT2D eigenvalue weighted by Crippen LogP contribution is -2.15. The quantitative estimate of drug-likeness (QED) is 0.598. The zero-order valence-corrected chi connectivity index (χ0v) is 16.4. The van der Waals surface area contributed by atoms with Crippen molar-refractivity contribution in [2.45, 2.75) is 25.9 Å². The Bertz CT molecular complexity index is 919. The van der Waals surface area contributed by atoms with E-state index in [2.05, 4.69) is 20.5 Å². The van der Waals surface area contributed by atoms with Crippen LogP contribution in [-0.2, 0) is 4.79 Å². The van der Waals surface area contributed by atoms with E-state index in [0.717, 1.165) is 28.1 Å². The SMILES string of the molecule is CCOc1ccccc1-c1nc(SCC(=O)Nc2c(C)cccc2C)n[nH]1. The molecule has 0 unspecified atom stereocenters. The predicted octanol–water partition coefficient (Wildman–Crippen LogP) is 4.22. The largest absolute Gasteiger partial charge is 0.493 e. The van der Waals surface area contributed by atoms with Gasteiger partial charge in [0.15, 0.2) is 5.82 Å². The lowest BCUT2D eigenvalue weighted by molar-refractivity contribution is -0.113. The summed E-state index contributed by atoms with van der Waals surface area (Å²) in [4.78, 5) is 16.8. The molecule has 2 N–H and O–H groups in total. The number of nitrogens with zero attached hydrogens (tertiary/aromatic N) is 2. The van der Waals surface area contributed by atoms with Crippen LogP contribution in [-0.4, -0.2) is 33.4 Å². The van der Waals surface area contributed by atoms with E-state index in [9.17, 15) is 4.79 Å². The fourth-order valence-electron chi connectivity index (χ4n) is 2.69. The number of para-hydroxylation sites is 2. The highest BCUT2D eigenvalue weighted by Gasteiger charge is 2.13. The Morgan fingerprint density at radius 3 is 2.63 bits per heavy atom. The smallest absolute Gasteiger partial charge is 0.234 e. The van der Waals surface area contributed by atoms with Crippen LogP contribution in [0, 0.1) is 13.8 Å². The molecule has 0 aliphatic carbocycles. The van der Waals surface area contributed by atoms with Crippen LogP contribution in [0.3, 0.4) is 0 Å². The number of carbonyl (C=O) groups is 1. The van der Waals surface area contributed by atoms with E-state index in [4.69, 9.17) is 4.74 Å². The molecule has 0 atom stereocenters. The second-order valence-corrected chi connectivity index (χ2v) is 6.94. The molecule has 27 heavy (non-hydrogen) atoms. The van der Waals surface area contributed by atoms with Crippen LogP contribution in [0.4, 0.5) is 5.69 Å². The first-order valence-corrected chi connectivity index (χ1v) is 9.70. The molecule has 0 saturated carbocycles. The summed E-state index contributed by atoms with van der Waals surface area (Å²) in [7, 11) is 0. The van der Waals surface area contributed by atoms with Crippen molar-refractivity contribution < 1.29 is 9.53 Å². The highest BCUT2D eigenvalue weighted by molar-refractivity contribution is 7.99. The van der Waals surface area contributed by atoms with Gasteiger partial charge in [0, 0.05) is 5.69 Å². The van der Waals surface area contributed by atoms with Gasteiger partial charge in [0.1, 0.15) is 5.75 Å². The number of amides is 1. The lowest BCUT2D eigenvalue weighted by atomic mass is 10.1. The second-order valence-electron chi connectivity index (χ2n) is 6.00. The zero-order chi connectivity index (χ0) is 19.2. The van der Waals surface area contributed by atoms with E-state index >= 15 is 0 Å². The molecular formula is C20H22N4O2S. The molecule has 0 bridgehead atoms. The molecule has 1 heterocycles. The number of nitrogens with one attached hydrogen (secondary N) is 2. The fraction of sp³-hybridized carbons (Fsp3) is 0.250. The van der Waals surface area contributed by atoms with Gasteiger partial charge in [-0.15, -0.1) is 5.10 Å². The summed E-state index contributed by atoms with van der Waals surface area (Å²) < 4.78 is 5.63. The van der Waals surface area contributed by atoms with Crippen LogP contribution in [0.1, 0.15) is 18.1 Å². The molecule has 2 aromatic carbocycles. The number of benzene rings is 2. The molecule has 3 aromatic rings. The Hall–Kier alpha value is -2.80. The number of carbonyl (C=O) groups excluding carboxylic acids is 1. The van der Waals surface area contributed by atoms with Crippen molar-refractivity contribution in [2.75, 3.05) is 17.7 Å². The Kier molecular flexibility index (Phi) is 6.13. The number of aromatic nitrogens is 3. The normalized spacial score (nSPS) is 10.6. The van der Waals surface area contributed by atoms with Crippen molar-refractivity contribution in [1.82, 2.24) is 15.2 Å². The van der Waals surface area contributed by atoms with E-state index in [0.29, 0.717) is 17.6 Å². The van der Waals surface area contributed by atoms with E-state index in [1.165, 1.54) is 11.8 Å². The molecule has 0 aliphatic heterocycles. The molecule has 0 radical (unpaired) electrons.